The van der Waals surface area contributed by atoms with E-state index in [1.165, 1.54) is 12.8 Å². The van der Waals surface area contributed by atoms with Crippen LogP contribution in [0.25, 0.3) is 5.57 Å². The minimum atomic E-state index is -1.02. The molecule has 108 valence electrons. The van der Waals surface area contributed by atoms with Crippen molar-refractivity contribution < 1.29 is 9.90 Å². The molecule has 0 aliphatic heterocycles. The summed E-state index contributed by atoms with van der Waals surface area (Å²) in [6, 6.07) is 0.358. The Kier molecular flexibility index (Phi) is 4.99. The van der Waals surface area contributed by atoms with Gasteiger partial charge in [-0.1, -0.05) is 12.8 Å². The highest BCUT2D eigenvalue weighted by Gasteiger charge is 2.19. The number of aromatic nitrogens is 2. The van der Waals surface area contributed by atoms with Gasteiger partial charge >= 0.3 is 5.97 Å². The summed E-state index contributed by atoms with van der Waals surface area (Å²) in [4.78, 5) is 19.2. The maximum absolute atomic E-state index is 11.0. The van der Waals surface area contributed by atoms with Gasteiger partial charge in [0.2, 0.25) is 5.28 Å². The number of hydrogen-bond acceptors (Lipinski definition) is 4. The average Bonchev–Trinajstić information content (AvgIpc) is 2.90. The summed E-state index contributed by atoms with van der Waals surface area (Å²) in [6.07, 6.45) is 6.11. The Morgan fingerprint density at radius 3 is 2.75 bits per heavy atom. The van der Waals surface area contributed by atoms with Crippen LogP contribution in [-0.4, -0.2) is 27.1 Å². The van der Waals surface area contributed by atoms with Crippen molar-refractivity contribution in [3.63, 3.8) is 0 Å². The molecule has 2 rings (SSSR count). The number of carbonyl (C=O) groups is 1. The molecule has 0 aromatic carbocycles. The van der Waals surface area contributed by atoms with Crippen LogP contribution in [-0.2, 0) is 4.79 Å². The first-order valence-corrected chi connectivity index (χ1v) is 7.55. The van der Waals surface area contributed by atoms with Crippen LogP contribution in [0.3, 0.4) is 0 Å². The van der Waals surface area contributed by atoms with Gasteiger partial charge in [0.05, 0.1) is 0 Å². The molecule has 5 nitrogen and oxygen atoms in total. The van der Waals surface area contributed by atoms with E-state index in [-0.39, 0.29) is 9.77 Å². The number of nitrogens with one attached hydrogen (secondary N) is 1. The van der Waals surface area contributed by atoms with Crippen LogP contribution in [0.1, 0.15) is 38.2 Å². The van der Waals surface area contributed by atoms with Gasteiger partial charge in [0.15, 0.2) is 0 Å². The highest BCUT2D eigenvalue weighted by molar-refractivity contribution is 9.12. The van der Waals surface area contributed by atoms with E-state index in [9.17, 15) is 4.79 Å². The Hall–Kier alpha value is -1.14. The summed E-state index contributed by atoms with van der Waals surface area (Å²) < 4.78 is 0.0953. The Bertz CT molecular complexity index is 557. The van der Waals surface area contributed by atoms with Gasteiger partial charge in [-0.15, -0.1) is 0 Å². The molecule has 7 heteroatoms. The van der Waals surface area contributed by atoms with Crippen molar-refractivity contribution in [2.45, 2.75) is 38.6 Å². The van der Waals surface area contributed by atoms with Gasteiger partial charge in [-0.05, 0) is 52.9 Å². The first-order chi connectivity index (χ1) is 9.49. The van der Waals surface area contributed by atoms with Crippen LogP contribution in [0.15, 0.2) is 10.7 Å². The summed E-state index contributed by atoms with van der Waals surface area (Å²) in [5, 5.41) is 12.5. The number of carboxylic acids is 1. The predicted molar refractivity (Wildman–Crippen MR) is 82.1 cm³/mol. The van der Waals surface area contributed by atoms with E-state index >= 15 is 0 Å². The molecule has 1 aromatic rings. The SMILES string of the molecule is CC(=C(Br)C(=O)O)c1cnc(Cl)nc1NC1CCCC1. The zero-order chi connectivity index (χ0) is 14.7. The third-order valence-electron chi connectivity index (χ3n) is 3.38. The van der Waals surface area contributed by atoms with Gasteiger partial charge in [0.25, 0.3) is 0 Å². The van der Waals surface area contributed by atoms with Gasteiger partial charge in [0, 0.05) is 17.8 Å². The Balaban J connectivity index is 2.37. The minimum absolute atomic E-state index is 0.0953. The molecular weight excluding hydrogens is 346 g/mol. The number of aliphatic carboxylic acids is 1. The Labute approximate surface area is 130 Å². The second-order valence-electron chi connectivity index (χ2n) is 4.77. The van der Waals surface area contributed by atoms with E-state index in [2.05, 4.69) is 31.2 Å². The van der Waals surface area contributed by atoms with Gasteiger partial charge in [-0.25, -0.2) is 14.8 Å². The van der Waals surface area contributed by atoms with Crippen LogP contribution in [0, 0.1) is 0 Å². The second kappa shape index (κ2) is 6.54. The lowest BCUT2D eigenvalue weighted by atomic mass is 10.1. The number of rotatable bonds is 4. The second-order valence-corrected chi connectivity index (χ2v) is 5.90. The summed E-state index contributed by atoms with van der Waals surface area (Å²) in [6.45, 7) is 1.71. The maximum atomic E-state index is 11.0. The lowest BCUT2D eigenvalue weighted by Crippen LogP contribution is -2.17. The van der Waals surface area contributed by atoms with Crippen LogP contribution in [0.5, 0.6) is 0 Å². The topological polar surface area (TPSA) is 75.1 Å². The van der Waals surface area contributed by atoms with Gasteiger partial charge in [-0.2, -0.15) is 0 Å². The molecule has 0 radical (unpaired) electrons. The molecule has 0 unspecified atom stereocenters. The number of anilines is 1. The number of carboxylic acid groups (broad SMARTS) is 1. The molecular formula is C13H15BrClN3O2. The smallest absolute Gasteiger partial charge is 0.343 e. The van der Waals surface area contributed by atoms with E-state index in [1.54, 1.807) is 13.1 Å². The third-order valence-corrected chi connectivity index (χ3v) is 4.49. The average molecular weight is 361 g/mol. The summed E-state index contributed by atoms with van der Waals surface area (Å²) in [5.41, 5.74) is 1.21. The molecule has 0 saturated heterocycles. The van der Waals surface area contributed by atoms with Crippen molar-refractivity contribution in [2.24, 2.45) is 0 Å². The normalized spacial score (nSPS) is 16.9. The molecule has 1 aliphatic rings. The molecule has 20 heavy (non-hydrogen) atoms. The van der Waals surface area contributed by atoms with Crippen molar-refractivity contribution in [1.82, 2.24) is 9.97 Å². The fourth-order valence-electron chi connectivity index (χ4n) is 2.29. The number of nitrogens with zero attached hydrogens (tertiary/aromatic N) is 2. The highest BCUT2D eigenvalue weighted by Crippen LogP contribution is 2.30. The third kappa shape index (κ3) is 3.49. The molecule has 1 aromatic heterocycles. The predicted octanol–water partition coefficient (Wildman–Crippen LogP) is 3.70. The summed E-state index contributed by atoms with van der Waals surface area (Å²) in [5.74, 6) is -0.433. The minimum Gasteiger partial charge on any atom is -0.477 e. The van der Waals surface area contributed by atoms with Gasteiger partial charge in [-0.3, -0.25) is 0 Å². The van der Waals surface area contributed by atoms with Crippen LogP contribution in [0.2, 0.25) is 5.28 Å². The van der Waals surface area contributed by atoms with Crippen molar-refractivity contribution in [2.75, 3.05) is 5.32 Å². The highest BCUT2D eigenvalue weighted by atomic mass is 79.9. The summed E-state index contributed by atoms with van der Waals surface area (Å²) >= 11 is 8.92. The summed E-state index contributed by atoms with van der Waals surface area (Å²) in [7, 11) is 0. The quantitative estimate of drug-likeness (QED) is 0.632. The van der Waals surface area contributed by atoms with E-state index in [0.717, 1.165) is 12.8 Å². The molecule has 0 bridgehead atoms. The molecule has 1 fully saturated rings. The number of hydrogen-bond donors (Lipinski definition) is 2. The first kappa shape index (κ1) is 15.3. The molecule has 1 saturated carbocycles. The fraction of sp³-hybridized carbons (Fsp3) is 0.462. The van der Waals surface area contributed by atoms with Crippen molar-refractivity contribution in [3.8, 4) is 0 Å². The molecule has 1 heterocycles. The largest absolute Gasteiger partial charge is 0.477 e. The zero-order valence-electron chi connectivity index (χ0n) is 11.0. The van der Waals surface area contributed by atoms with E-state index < -0.39 is 5.97 Å². The van der Waals surface area contributed by atoms with Gasteiger partial charge < -0.3 is 10.4 Å². The lowest BCUT2D eigenvalue weighted by Gasteiger charge is -2.16. The van der Waals surface area contributed by atoms with Crippen molar-refractivity contribution >= 4 is 44.9 Å². The van der Waals surface area contributed by atoms with E-state index in [4.69, 9.17) is 16.7 Å². The van der Waals surface area contributed by atoms with E-state index in [1.807, 2.05) is 0 Å². The Morgan fingerprint density at radius 2 is 2.15 bits per heavy atom. The first-order valence-electron chi connectivity index (χ1n) is 6.38. The maximum Gasteiger partial charge on any atom is 0.343 e. The van der Waals surface area contributed by atoms with Crippen LogP contribution in [0.4, 0.5) is 5.82 Å². The van der Waals surface area contributed by atoms with Crippen molar-refractivity contribution in [3.05, 3.63) is 21.5 Å². The van der Waals surface area contributed by atoms with E-state index in [0.29, 0.717) is 23.0 Å². The van der Waals surface area contributed by atoms with Gasteiger partial charge in [0.1, 0.15) is 10.3 Å². The molecule has 0 amide bonds. The standard InChI is InChI=1S/C13H15BrClN3O2/c1-7(10(14)12(19)20)9-6-16-13(15)18-11(9)17-8-4-2-3-5-8/h6,8H,2-5H2,1H3,(H,19,20)(H,16,17,18). The van der Waals surface area contributed by atoms with Crippen LogP contribution < -0.4 is 5.32 Å². The molecule has 2 N–H and O–H groups in total. The number of halogens is 2. The zero-order valence-corrected chi connectivity index (χ0v) is 13.3. The molecule has 0 atom stereocenters. The Morgan fingerprint density at radius 1 is 1.50 bits per heavy atom. The lowest BCUT2D eigenvalue weighted by molar-refractivity contribution is -0.131. The molecule has 1 aliphatic carbocycles. The molecule has 0 spiro atoms. The van der Waals surface area contributed by atoms with Crippen molar-refractivity contribution in [1.29, 1.82) is 0 Å². The monoisotopic (exact) mass is 359 g/mol. The number of allylic oxidation sites excluding steroid dienone is 1. The fourth-order valence-corrected chi connectivity index (χ4v) is 2.63. The van der Waals surface area contributed by atoms with Crippen LogP contribution >= 0.6 is 27.5 Å².